The first kappa shape index (κ1) is 20.6. The van der Waals surface area contributed by atoms with Crippen LogP contribution in [0.1, 0.15) is 22.3 Å². The fourth-order valence-electron chi connectivity index (χ4n) is 3.01. The zero-order valence-electron chi connectivity index (χ0n) is 16.5. The summed E-state index contributed by atoms with van der Waals surface area (Å²) < 4.78 is 27.7. The number of amides is 2. The number of rotatable bonds is 6. The summed E-state index contributed by atoms with van der Waals surface area (Å²) in [5, 5.41) is 0. The zero-order chi connectivity index (χ0) is 20.9. The molecule has 2 amide bonds. The van der Waals surface area contributed by atoms with Crippen molar-refractivity contribution in [2.75, 3.05) is 0 Å². The molecule has 0 radical (unpaired) electrons. The number of urea groups is 1. The number of aryl methyl sites for hydroxylation is 2. The van der Waals surface area contributed by atoms with E-state index in [1.165, 1.54) is 11.0 Å². The predicted molar refractivity (Wildman–Crippen MR) is 114 cm³/mol. The quantitative estimate of drug-likeness (QED) is 0.657. The van der Waals surface area contributed by atoms with Gasteiger partial charge in [0.15, 0.2) is 0 Å². The van der Waals surface area contributed by atoms with Gasteiger partial charge in [0.25, 0.3) is 10.0 Å². The van der Waals surface area contributed by atoms with Gasteiger partial charge in [-0.05, 0) is 36.6 Å². The molecule has 1 N–H and O–H groups in total. The van der Waals surface area contributed by atoms with Crippen LogP contribution in [0.5, 0.6) is 0 Å². The maximum absolute atomic E-state index is 13.0. The first-order valence-electron chi connectivity index (χ1n) is 9.32. The van der Waals surface area contributed by atoms with Gasteiger partial charge in [-0.25, -0.2) is 17.9 Å². The van der Waals surface area contributed by atoms with Crippen LogP contribution >= 0.6 is 0 Å². The highest BCUT2D eigenvalue weighted by molar-refractivity contribution is 7.90. The van der Waals surface area contributed by atoms with Gasteiger partial charge in [0.2, 0.25) is 0 Å². The second kappa shape index (κ2) is 8.92. The summed E-state index contributed by atoms with van der Waals surface area (Å²) in [7, 11) is -3.97. The molecule has 0 spiro atoms. The van der Waals surface area contributed by atoms with E-state index in [4.69, 9.17) is 0 Å². The van der Waals surface area contributed by atoms with Gasteiger partial charge in [-0.1, -0.05) is 78.4 Å². The molecule has 0 aliphatic heterocycles. The lowest BCUT2D eigenvalue weighted by molar-refractivity contribution is 0.198. The third-order valence-electron chi connectivity index (χ3n) is 4.60. The van der Waals surface area contributed by atoms with Gasteiger partial charge in [0, 0.05) is 13.1 Å². The second-order valence-electron chi connectivity index (χ2n) is 7.00. The molecule has 0 aliphatic carbocycles. The summed E-state index contributed by atoms with van der Waals surface area (Å²) in [6, 6.07) is 23.3. The molecule has 0 fully saturated rings. The number of hydrogen-bond acceptors (Lipinski definition) is 3. The minimum absolute atomic E-state index is 0.100. The summed E-state index contributed by atoms with van der Waals surface area (Å²) in [4.78, 5) is 14.6. The Hall–Kier alpha value is -3.12. The lowest BCUT2D eigenvalue weighted by atomic mass is 10.1. The van der Waals surface area contributed by atoms with E-state index in [1.807, 2.05) is 61.5 Å². The van der Waals surface area contributed by atoms with Crippen LogP contribution in [-0.2, 0) is 23.1 Å². The average Bonchev–Trinajstić information content (AvgIpc) is 2.70. The molecule has 3 rings (SSSR count). The molecule has 150 valence electrons. The minimum atomic E-state index is -3.97. The highest BCUT2D eigenvalue weighted by Crippen LogP contribution is 2.16. The molecule has 3 aromatic rings. The van der Waals surface area contributed by atoms with Gasteiger partial charge >= 0.3 is 6.03 Å². The molecule has 0 bridgehead atoms. The van der Waals surface area contributed by atoms with Crippen LogP contribution in [0.3, 0.4) is 0 Å². The Morgan fingerprint density at radius 2 is 1.34 bits per heavy atom. The first-order valence-corrected chi connectivity index (χ1v) is 10.8. The van der Waals surface area contributed by atoms with Gasteiger partial charge < -0.3 is 4.90 Å². The first-order chi connectivity index (χ1) is 13.8. The molecule has 0 heterocycles. The van der Waals surface area contributed by atoms with Crippen molar-refractivity contribution in [2.45, 2.75) is 31.8 Å². The lowest BCUT2D eigenvalue weighted by Gasteiger charge is -2.23. The standard InChI is InChI=1S/C23H24N2O3S/c1-18-12-14-21(15-13-18)17-25(16-20-9-4-3-5-10-20)23(26)24-29(27,28)22-11-7-6-8-19(22)2/h3-15H,16-17H2,1-2H3,(H,24,26). The highest BCUT2D eigenvalue weighted by Gasteiger charge is 2.23. The van der Waals surface area contributed by atoms with Gasteiger partial charge in [0.1, 0.15) is 0 Å². The van der Waals surface area contributed by atoms with E-state index in [0.29, 0.717) is 18.7 Å². The predicted octanol–water partition coefficient (Wildman–Crippen LogP) is 4.40. The Morgan fingerprint density at radius 1 is 0.793 bits per heavy atom. The maximum Gasteiger partial charge on any atom is 0.331 e. The summed E-state index contributed by atoms with van der Waals surface area (Å²) >= 11 is 0. The van der Waals surface area contributed by atoms with Crippen molar-refractivity contribution < 1.29 is 13.2 Å². The van der Waals surface area contributed by atoms with Gasteiger partial charge in [-0.3, -0.25) is 0 Å². The highest BCUT2D eigenvalue weighted by atomic mass is 32.2. The van der Waals surface area contributed by atoms with Crippen molar-refractivity contribution in [2.24, 2.45) is 0 Å². The monoisotopic (exact) mass is 408 g/mol. The number of benzene rings is 3. The lowest BCUT2D eigenvalue weighted by Crippen LogP contribution is -2.42. The van der Waals surface area contributed by atoms with Crippen LogP contribution in [0.25, 0.3) is 0 Å². The summed E-state index contributed by atoms with van der Waals surface area (Å²) in [6.45, 7) is 4.29. The Labute approximate surface area is 172 Å². The number of nitrogens with one attached hydrogen (secondary N) is 1. The number of carbonyl (C=O) groups excluding carboxylic acids is 1. The van der Waals surface area contributed by atoms with Crippen molar-refractivity contribution in [3.63, 3.8) is 0 Å². The van der Waals surface area contributed by atoms with E-state index < -0.39 is 16.1 Å². The fraction of sp³-hybridized carbons (Fsp3) is 0.174. The van der Waals surface area contributed by atoms with E-state index in [9.17, 15) is 13.2 Å². The van der Waals surface area contributed by atoms with Gasteiger partial charge in [-0.2, -0.15) is 0 Å². The number of carbonyl (C=O) groups is 1. The normalized spacial score (nSPS) is 11.1. The summed E-state index contributed by atoms with van der Waals surface area (Å²) in [5.74, 6) is 0. The fourth-order valence-corrected chi connectivity index (χ4v) is 4.23. The van der Waals surface area contributed by atoms with Crippen LogP contribution < -0.4 is 4.72 Å². The molecule has 0 unspecified atom stereocenters. The summed E-state index contributed by atoms with van der Waals surface area (Å²) in [5.41, 5.74) is 3.55. The van der Waals surface area contributed by atoms with Gasteiger partial charge in [0.05, 0.1) is 4.90 Å². The number of hydrogen-bond donors (Lipinski definition) is 1. The molecule has 0 aliphatic rings. The third-order valence-corrected chi connectivity index (χ3v) is 6.08. The Balaban J connectivity index is 1.85. The third kappa shape index (κ3) is 5.45. The van der Waals surface area contributed by atoms with E-state index in [-0.39, 0.29) is 4.90 Å². The number of nitrogens with zero attached hydrogens (tertiary/aromatic N) is 1. The van der Waals surface area contributed by atoms with E-state index in [1.54, 1.807) is 25.1 Å². The largest absolute Gasteiger partial charge is 0.331 e. The van der Waals surface area contributed by atoms with Crippen LogP contribution in [0.4, 0.5) is 4.79 Å². The Morgan fingerprint density at radius 3 is 1.97 bits per heavy atom. The van der Waals surface area contributed by atoms with Crippen molar-refractivity contribution in [3.8, 4) is 0 Å². The molecule has 3 aromatic carbocycles. The smallest absolute Gasteiger partial charge is 0.315 e. The molecular formula is C23H24N2O3S. The van der Waals surface area contributed by atoms with E-state index in [0.717, 1.165) is 16.7 Å². The average molecular weight is 409 g/mol. The van der Waals surface area contributed by atoms with Crippen LogP contribution in [-0.4, -0.2) is 19.3 Å². The molecule has 0 saturated carbocycles. The van der Waals surface area contributed by atoms with Gasteiger partial charge in [-0.15, -0.1) is 0 Å². The van der Waals surface area contributed by atoms with E-state index >= 15 is 0 Å². The van der Waals surface area contributed by atoms with Crippen LogP contribution in [0.15, 0.2) is 83.8 Å². The minimum Gasteiger partial charge on any atom is -0.315 e. The molecule has 0 saturated heterocycles. The number of sulfonamides is 1. The molecule has 0 aromatic heterocycles. The van der Waals surface area contributed by atoms with Crippen molar-refractivity contribution in [3.05, 3.63) is 101 Å². The zero-order valence-corrected chi connectivity index (χ0v) is 17.3. The SMILES string of the molecule is Cc1ccc(CN(Cc2ccccc2)C(=O)NS(=O)(=O)c2ccccc2C)cc1. The maximum atomic E-state index is 13.0. The molecular weight excluding hydrogens is 384 g/mol. The van der Waals surface area contributed by atoms with Crippen molar-refractivity contribution in [1.29, 1.82) is 0 Å². The second-order valence-corrected chi connectivity index (χ2v) is 8.65. The molecule has 6 heteroatoms. The van der Waals surface area contributed by atoms with Crippen molar-refractivity contribution in [1.82, 2.24) is 9.62 Å². The van der Waals surface area contributed by atoms with Crippen LogP contribution in [0, 0.1) is 13.8 Å². The summed E-state index contributed by atoms with van der Waals surface area (Å²) in [6.07, 6.45) is 0. The van der Waals surface area contributed by atoms with Crippen LogP contribution in [0.2, 0.25) is 0 Å². The Bertz CT molecular complexity index is 1080. The molecule has 5 nitrogen and oxygen atoms in total. The van der Waals surface area contributed by atoms with Crippen molar-refractivity contribution >= 4 is 16.1 Å². The van der Waals surface area contributed by atoms with E-state index in [2.05, 4.69) is 4.72 Å². The topological polar surface area (TPSA) is 66.5 Å². The molecule has 0 atom stereocenters. The Kier molecular flexibility index (Phi) is 6.34. The molecule has 29 heavy (non-hydrogen) atoms.